The Labute approximate surface area is 84.2 Å². The molecule has 2 rings (SSSR count). The van der Waals surface area contributed by atoms with E-state index in [0.717, 1.165) is 9.95 Å². The lowest BCUT2D eigenvalue weighted by Crippen LogP contribution is -1.89. The van der Waals surface area contributed by atoms with Crippen molar-refractivity contribution in [1.29, 1.82) is 0 Å². The zero-order valence-electron chi connectivity index (χ0n) is 7.05. The van der Waals surface area contributed by atoms with Crippen molar-refractivity contribution < 1.29 is 8.78 Å². The first-order chi connectivity index (χ1) is 6.70. The number of hydrogen-bond acceptors (Lipinski definition) is 0. The molecule has 0 amide bonds. The van der Waals surface area contributed by atoms with E-state index in [4.69, 9.17) is 11.6 Å². The SMILES string of the molecule is FC(Cl)=C(F)n1ccc2ccccc21. The summed E-state index contributed by atoms with van der Waals surface area (Å²) in [5, 5.41) is -0.507. The van der Waals surface area contributed by atoms with Gasteiger partial charge in [-0.15, -0.1) is 0 Å². The van der Waals surface area contributed by atoms with E-state index in [0.29, 0.717) is 5.52 Å². The van der Waals surface area contributed by atoms with Crippen LogP contribution in [0.5, 0.6) is 0 Å². The number of halogens is 3. The van der Waals surface area contributed by atoms with Gasteiger partial charge in [0.15, 0.2) is 0 Å². The summed E-state index contributed by atoms with van der Waals surface area (Å²) in [5.41, 5.74) is 0.584. The van der Waals surface area contributed by atoms with Gasteiger partial charge in [-0.1, -0.05) is 18.2 Å². The Kier molecular flexibility index (Phi) is 2.25. The molecule has 0 unspecified atom stereocenters. The van der Waals surface area contributed by atoms with Crippen LogP contribution in [0.3, 0.4) is 0 Å². The fraction of sp³-hybridized carbons (Fsp3) is 0. The van der Waals surface area contributed by atoms with Crippen molar-refractivity contribution in [1.82, 2.24) is 4.57 Å². The minimum absolute atomic E-state index is 0.584. The number of fused-ring (bicyclic) bond motifs is 1. The second-order valence-corrected chi connectivity index (χ2v) is 3.13. The van der Waals surface area contributed by atoms with Crippen molar-refractivity contribution in [3.05, 3.63) is 41.8 Å². The van der Waals surface area contributed by atoms with Gasteiger partial charge in [-0.3, -0.25) is 4.57 Å². The van der Waals surface area contributed by atoms with Gasteiger partial charge in [-0.25, -0.2) is 0 Å². The lowest BCUT2D eigenvalue weighted by molar-refractivity contribution is 0.618. The molecule has 2 aromatic rings. The van der Waals surface area contributed by atoms with Crippen LogP contribution >= 0.6 is 11.6 Å². The predicted molar refractivity (Wildman–Crippen MR) is 53.2 cm³/mol. The number of benzene rings is 1. The van der Waals surface area contributed by atoms with E-state index in [9.17, 15) is 8.78 Å². The number of aromatic nitrogens is 1. The molecule has 14 heavy (non-hydrogen) atoms. The van der Waals surface area contributed by atoms with Crippen LogP contribution in [0.15, 0.2) is 41.8 Å². The minimum Gasteiger partial charge on any atom is -0.290 e. The normalized spacial score (nSPS) is 13.1. The zero-order chi connectivity index (χ0) is 10.1. The molecule has 1 aromatic heterocycles. The van der Waals surface area contributed by atoms with Crippen molar-refractivity contribution in [3.8, 4) is 0 Å². The molecule has 1 nitrogen and oxygen atoms in total. The molecule has 0 atom stereocenters. The van der Waals surface area contributed by atoms with E-state index in [1.807, 2.05) is 12.1 Å². The second-order valence-electron chi connectivity index (χ2n) is 2.80. The van der Waals surface area contributed by atoms with Crippen LogP contribution in [0.25, 0.3) is 16.9 Å². The van der Waals surface area contributed by atoms with Crippen LogP contribution in [0.2, 0.25) is 0 Å². The van der Waals surface area contributed by atoms with Gasteiger partial charge in [0, 0.05) is 11.6 Å². The van der Waals surface area contributed by atoms with Gasteiger partial charge in [0.25, 0.3) is 0 Å². The molecule has 0 saturated heterocycles. The highest BCUT2D eigenvalue weighted by atomic mass is 35.5. The smallest absolute Gasteiger partial charge is 0.246 e. The Bertz CT molecular complexity index is 498. The van der Waals surface area contributed by atoms with Crippen molar-refractivity contribution in [2.24, 2.45) is 0 Å². The van der Waals surface area contributed by atoms with Gasteiger partial charge in [0.1, 0.15) is 0 Å². The molecule has 0 bridgehead atoms. The largest absolute Gasteiger partial charge is 0.290 e. The van der Waals surface area contributed by atoms with Crippen LogP contribution in [0.4, 0.5) is 8.78 Å². The molecule has 0 fully saturated rings. The minimum atomic E-state index is -1.34. The molecule has 0 aliphatic heterocycles. The molecular weight excluding hydrogens is 208 g/mol. The topological polar surface area (TPSA) is 4.93 Å². The Morgan fingerprint density at radius 3 is 2.57 bits per heavy atom. The van der Waals surface area contributed by atoms with Crippen LogP contribution in [0.1, 0.15) is 0 Å². The van der Waals surface area contributed by atoms with E-state index < -0.39 is 11.2 Å². The monoisotopic (exact) mass is 213 g/mol. The van der Waals surface area contributed by atoms with Crippen LogP contribution in [-0.2, 0) is 0 Å². The van der Waals surface area contributed by atoms with Crippen molar-refractivity contribution in [3.63, 3.8) is 0 Å². The molecule has 4 heteroatoms. The van der Waals surface area contributed by atoms with Crippen LogP contribution in [0, 0.1) is 0 Å². The molecule has 72 valence electrons. The molecule has 0 N–H and O–H groups in total. The number of hydrogen-bond donors (Lipinski definition) is 0. The average molecular weight is 214 g/mol. The Balaban J connectivity index is 2.71. The summed E-state index contributed by atoms with van der Waals surface area (Å²) in [6, 6.07) is 8.76. The average Bonchev–Trinajstić information content (AvgIpc) is 2.60. The molecule has 1 aromatic carbocycles. The van der Waals surface area contributed by atoms with E-state index in [1.54, 1.807) is 18.2 Å². The summed E-state index contributed by atoms with van der Waals surface area (Å²) in [6.07, 6.45) is 1.43. The Morgan fingerprint density at radius 1 is 1.14 bits per heavy atom. The fourth-order valence-electron chi connectivity index (χ4n) is 1.35. The van der Waals surface area contributed by atoms with Crippen molar-refractivity contribution >= 4 is 28.5 Å². The second kappa shape index (κ2) is 3.42. The summed E-state index contributed by atoms with van der Waals surface area (Å²) >= 11 is 4.94. The molecule has 0 radical (unpaired) electrons. The summed E-state index contributed by atoms with van der Waals surface area (Å²) in [6.45, 7) is 0. The zero-order valence-corrected chi connectivity index (χ0v) is 7.80. The summed E-state index contributed by atoms with van der Waals surface area (Å²) < 4.78 is 26.7. The van der Waals surface area contributed by atoms with E-state index >= 15 is 0 Å². The molecule has 0 aliphatic carbocycles. The molecule has 0 saturated carbocycles. The van der Waals surface area contributed by atoms with Gasteiger partial charge in [0.05, 0.1) is 5.52 Å². The highest BCUT2D eigenvalue weighted by molar-refractivity contribution is 6.30. The highest BCUT2D eigenvalue weighted by Gasteiger charge is 2.08. The quantitative estimate of drug-likeness (QED) is 0.677. The van der Waals surface area contributed by atoms with Gasteiger partial charge in [-0.05, 0) is 23.7 Å². The third-order valence-electron chi connectivity index (χ3n) is 1.97. The summed E-state index contributed by atoms with van der Waals surface area (Å²) in [5.74, 6) is -1.09. The lowest BCUT2D eigenvalue weighted by Gasteiger charge is -2.00. The Hall–Kier alpha value is -1.35. The molecule has 0 spiro atoms. The van der Waals surface area contributed by atoms with Crippen molar-refractivity contribution in [2.75, 3.05) is 0 Å². The first-order valence-electron chi connectivity index (χ1n) is 3.97. The van der Waals surface area contributed by atoms with Gasteiger partial charge in [0.2, 0.25) is 11.2 Å². The summed E-state index contributed by atoms with van der Waals surface area (Å²) in [4.78, 5) is 0. The maximum Gasteiger partial charge on any atom is 0.246 e. The van der Waals surface area contributed by atoms with Crippen LogP contribution in [-0.4, -0.2) is 4.57 Å². The first kappa shape index (κ1) is 9.21. The number of para-hydroxylation sites is 1. The first-order valence-corrected chi connectivity index (χ1v) is 4.35. The standard InChI is InChI=1S/C10H6ClF2N/c11-9(12)10(13)14-6-5-7-3-1-2-4-8(7)14/h1-6H. The van der Waals surface area contributed by atoms with Gasteiger partial charge >= 0.3 is 0 Å². The fourth-order valence-corrected chi connectivity index (χ4v) is 1.44. The maximum absolute atomic E-state index is 13.2. The third kappa shape index (κ3) is 1.40. The molecular formula is C10H6ClF2N. The number of rotatable bonds is 1. The Morgan fingerprint density at radius 2 is 1.86 bits per heavy atom. The van der Waals surface area contributed by atoms with Gasteiger partial charge < -0.3 is 0 Å². The van der Waals surface area contributed by atoms with Gasteiger partial charge in [-0.2, -0.15) is 8.78 Å². The predicted octanol–water partition coefficient (Wildman–Crippen LogP) is 3.90. The summed E-state index contributed by atoms with van der Waals surface area (Å²) in [7, 11) is 0. The van der Waals surface area contributed by atoms with E-state index in [2.05, 4.69) is 0 Å². The molecule has 0 aliphatic rings. The maximum atomic E-state index is 13.2. The number of nitrogens with zero attached hydrogens (tertiary/aromatic N) is 1. The highest BCUT2D eigenvalue weighted by Crippen LogP contribution is 2.24. The lowest BCUT2D eigenvalue weighted by atomic mass is 10.2. The van der Waals surface area contributed by atoms with Crippen molar-refractivity contribution in [2.45, 2.75) is 0 Å². The van der Waals surface area contributed by atoms with E-state index in [1.165, 1.54) is 6.20 Å². The van der Waals surface area contributed by atoms with Crippen LogP contribution < -0.4 is 0 Å². The third-order valence-corrected chi connectivity index (χ3v) is 2.12. The van der Waals surface area contributed by atoms with E-state index in [-0.39, 0.29) is 0 Å². The molecule has 1 heterocycles.